The molecule has 0 heterocycles. The Labute approximate surface area is 79.5 Å². The predicted molar refractivity (Wildman–Crippen MR) is 51.2 cm³/mol. The van der Waals surface area contributed by atoms with Crippen LogP contribution in [0, 0.1) is 5.41 Å². The van der Waals surface area contributed by atoms with Crippen molar-refractivity contribution in [3.05, 3.63) is 0 Å². The van der Waals surface area contributed by atoms with Crippen LogP contribution in [0.4, 0.5) is 0 Å². The van der Waals surface area contributed by atoms with Crippen molar-refractivity contribution in [3.8, 4) is 0 Å². The lowest BCUT2D eigenvalue weighted by Gasteiger charge is -2.16. The number of aliphatic hydroxyl groups is 1. The van der Waals surface area contributed by atoms with Crippen LogP contribution in [0.25, 0.3) is 0 Å². The molecule has 1 unspecified atom stereocenters. The van der Waals surface area contributed by atoms with E-state index in [0.29, 0.717) is 6.04 Å². The van der Waals surface area contributed by atoms with E-state index in [1.54, 1.807) is 13.8 Å². The van der Waals surface area contributed by atoms with Crippen molar-refractivity contribution in [2.75, 3.05) is 0 Å². The van der Waals surface area contributed by atoms with E-state index in [4.69, 9.17) is 0 Å². The molecule has 0 saturated heterocycles. The van der Waals surface area contributed by atoms with Crippen molar-refractivity contribution in [1.29, 1.82) is 0 Å². The van der Waals surface area contributed by atoms with Crippen LogP contribution >= 0.6 is 0 Å². The molecular weight excluding hydrogens is 166 g/mol. The van der Waals surface area contributed by atoms with Crippen molar-refractivity contribution >= 4 is 5.91 Å². The van der Waals surface area contributed by atoms with Gasteiger partial charge in [0, 0.05) is 6.04 Å². The SMILES string of the molecule is CC(C)(O)CC(=O)NC1CC1(C)C. The summed E-state index contributed by atoms with van der Waals surface area (Å²) in [4.78, 5) is 11.3. The first kappa shape index (κ1) is 10.5. The van der Waals surface area contributed by atoms with Gasteiger partial charge in [0.15, 0.2) is 0 Å². The summed E-state index contributed by atoms with van der Waals surface area (Å²) >= 11 is 0. The molecule has 1 amide bonds. The summed E-state index contributed by atoms with van der Waals surface area (Å²) in [6.07, 6.45) is 1.23. The zero-order valence-corrected chi connectivity index (χ0v) is 8.85. The maximum Gasteiger partial charge on any atom is 0.223 e. The van der Waals surface area contributed by atoms with E-state index in [-0.39, 0.29) is 17.7 Å². The van der Waals surface area contributed by atoms with Gasteiger partial charge in [-0.2, -0.15) is 0 Å². The lowest BCUT2D eigenvalue weighted by atomic mass is 10.1. The van der Waals surface area contributed by atoms with E-state index in [0.717, 1.165) is 6.42 Å². The lowest BCUT2D eigenvalue weighted by Crippen LogP contribution is -2.34. The highest BCUT2D eigenvalue weighted by molar-refractivity contribution is 5.77. The molecule has 3 heteroatoms. The van der Waals surface area contributed by atoms with E-state index in [9.17, 15) is 9.90 Å². The third-order valence-electron chi connectivity index (χ3n) is 2.44. The molecule has 0 aromatic rings. The van der Waals surface area contributed by atoms with Gasteiger partial charge >= 0.3 is 0 Å². The van der Waals surface area contributed by atoms with Gasteiger partial charge < -0.3 is 10.4 Å². The van der Waals surface area contributed by atoms with Gasteiger partial charge in [-0.3, -0.25) is 4.79 Å². The number of rotatable bonds is 3. The summed E-state index contributed by atoms with van der Waals surface area (Å²) in [7, 11) is 0. The van der Waals surface area contributed by atoms with Gasteiger partial charge in [0.25, 0.3) is 0 Å². The second-order valence-corrected chi connectivity index (χ2v) is 5.30. The molecule has 0 aromatic heterocycles. The van der Waals surface area contributed by atoms with Crippen molar-refractivity contribution in [1.82, 2.24) is 5.32 Å². The minimum absolute atomic E-state index is 0.0527. The number of hydrogen-bond donors (Lipinski definition) is 2. The van der Waals surface area contributed by atoms with Crippen LogP contribution in [0.15, 0.2) is 0 Å². The van der Waals surface area contributed by atoms with Gasteiger partial charge in [0.05, 0.1) is 12.0 Å². The second-order valence-electron chi connectivity index (χ2n) is 5.30. The fourth-order valence-corrected chi connectivity index (χ4v) is 1.35. The first-order chi connectivity index (χ1) is 5.71. The summed E-state index contributed by atoms with van der Waals surface area (Å²) in [6, 6.07) is 0.308. The first-order valence-corrected chi connectivity index (χ1v) is 4.72. The second kappa shape index (κ2) is 2.98. The van der Waals surface area contributed by atoms with Gasteiger partial charge in [0.2, 0.25) is 5.91 Å². The topological polar surface area (TPSA) is 49.3 Å². The van der Waals surface area contributed by atoms with Crippen LogP contribution < -0.4 is 5.32 Å². The molecule has 1 rings (SSSR count). The molecule has 0 aliphatic heterocycles. The molecule has 1 aliphatic carbocycles. The highest BCUT2D eigenvalue weighted by Crippen LogP contribution is 2.44. The van der Waals surface area contributed by atoms with E-state index in [1.807, 2.05) is 0 Å². The molecule has 1 saturated carbocycles. The van der Waals surface area contributed by atoms with E-state index < -0.39 is 5.60 Å². The molecule has 0 radical (unpaired) electrons. The van der Waals surface area contributed by atoms with Crippen molar-refractivity contribution in [3.63, 3.8) is 0 Å². The molecule has 0 spiro atoms. The minimum atomic E-state index is -0.900. The van der Waals surface area contributed by atoms with Gasteiger partial charge in [-0.1, -0.05) is 13.8 Å². The summed E-state index contributed by atoms with van der Waals surface area (Å²) in [5, 5.41) is 12.3. The van der Waals surface area contributed by atoms with Gasteiger partial charge in [-0.15, -0.1) is 0 Å². The van der Waals surface area contributed by atoms with Gasteiger partial charge in [-0.25, -0.2) is 0 Å². The molecule has 0 bridgehead atoms. The monoisotopic (exact) mass is 185 g/mol. The van der Waals surface area contributed by atoms with Crippen LogP contribution in [-0.4, -0.2) is 22.7 Å². The molecule has 0 aromatic carbocycles. The predicted octanol–water partition coefficient (Wildman–Crippen LogP) is 1.06. The Morgan fingerprint density at radius 1 is 1.62 bits per heavy atom. The third kappa shape index (κ3) is 3.35. The Hall–Kier alpha value is -0.570. The normalized spacial score (nSPS) is 25.5. The number of nitrogens with one attached hydrogen (secondary N) is 1. The summed E-state index contributed by atoms with van der Waals surface area (Å²) < 4.78 is 0. The highest BCUT2D eigenvalue weighted by Gasteiger charge is 2.46. The maximum atomic E-state index is 11.3. The largest absolute Gasteiger partial charge is 0.390 e. The van der Waals surface area contributed by atoms with Gasteiger partial charge in [-0.05, 0) is 25.7 Å². The fourth-order valence-electron chi connectivity index (χ4n) is 1.35. The molecule has 1 aliphatic rings. The zero-order chi connectivity index (χ0) is 10.3. The average Bonchev–Trinajstić information content (AvgIpc) is 2.32. The Morgan fingerprint density at radius 2 is 2.08 bits per heavy atom. The lowest BCUT2D eigenvalue weighted by molar-refractivity contribution is -0.125. The Balaban J connectivity index is 2.28. The quantitative estimate of drug-likeness (QED) is 0.690. The van der Waals surface area contributed by atoms with E-state index >= 15 is 0 Å². The zero-order valence-electron chi connectivity index (χ0n) is 8.85. The molecule has 2 N–H and O–H groups in total. The Kier molecular flexibility index (Phi) is 2.41. The Morgan fingerprint density at radius 3 is 2.38 bits per heavy atom. The van der Waals surface area contributed by atoms with Crippen LogP contribution in [0.3, 0.4) is 0 Å². The fraction of sp³-hybridized carbons (Fsp3) is 0.900. The van der Waals surface area contributed by atoms with Crippen LogP contribution in [0.1, 0.15) is 40.5 Å². The standard InChI is InChI=1S/C10H19NO2/c1-9(2)5-7(9)11-8(12)6-10(3,4)13/h7,13H,5-6H2,1-4H3,(H,11,12). The Bertz CT molecular complexity index is 215. The van der Waals surface area contributed by atoms with Crippen LogP contribution in [-0.2, 0) is 4.79 Å². The molecule has 1 atom stereocenters. The maximum absolute atomic E-state index is 11.3. The van der Waals surface area contributed by atoms with Crippen molar-refractivity contribution in [2.24, 2.45) is 5.41 Å². The van der Waals surface area contributed by atoms with Crippen molar-refractivity contribution in [2.45, 2.75) is 52.2 Å². The smallest absolute Gasteiger partial charge is 0.223 e. The number of amides is 1. The van der Waals surface area contributed by atoms with Crippen LogP contribution in [0.2, 0.25) is 0 Å². The molecule has 3 nitrogen and oxygen atoms in total. The van der Waals surface area contributed by atoms with Crippen LogP contribution in [0.5, 0.6) is 0 Å². The van der Waals surface area contributed by atoms with Crippen molar-refractivity contribution < 1.29 is 9.90 Å². The highest BCUT2D eigenvalue weighted by atomic mass is 16.3. The number of hydrogen-bond acceptors (Lipinski definition) is 2. The molecule has 1 fully saturated rings. The minimum Gasteiger partial charge on any atom is -0.390 e. The molecular formula is C10H19NO2. The first-order valence-electron chi connectivity index (χ1n) is 4.72. The summed E-state index contributed by atoms with van der Waals surface area (Å²) in [6.45, 7) is 7.54. The number of carbonyl (C=O) groups excluding carboxylic acids is 1. The van der Waals surface area contributed by atoms with Gasteiger partial charge in [0.1, 0.15) is 0 Å². The third-order valence-corrected chi connectivity index (χ3v) is 2.44. The summed E-state index contributed by atoms with van der Waals surface area (Å²) in [5.41, 5.74) is -0.641. The molecule has 76 valence electrons. The van der Waals surface area contributed by atoms with E-state index in [1.165, 1.54) is 0 Å². The summed E-state index contributed by atoms with van der Waals surface area (Å²) in [5.74, 6) is -0.0527. The average molecular weight is 185 g/mol. The number of carbonyl (C=O) groups is 1. The molecule has 13 heavy (non-hydrogen) atoms. The van der Waals surface area contributed by atoms with E-state index in [2.05, 4.69) is 19.2 Å².